The molecule has 6 heteroatoms. The number of esters is 2. The molecule has 0 saturated carbocycles. The number of aliphatic hydroxyl groups excluding tert-OH is 1. The van der Waals surface area contributed by atoms with Crippen LogP contribution < -0.4 is 0 Å². The summed E-state index contributed by atoms with van der Waals surface area (Å²) in [4.78, 5) is 23.9. The maximum atomic E-state index is 12.0. The van der Waals surface area contributed by atoms with Gasteiger partial charge in [0.2, 0.25) is 0 Å². The molecule has 1 fully saturated rings. The van der Waals surface area contributed by atoms with Crippen molar-refractivity contribution < 1.29 is 28.9 Å². The molecule has 0 amide bonds. The van der Waals surface area contributed by atoms with Crippen molar-refractivity contribution in [3.05, 3.63) is 36.5 Å². The van der Waals surface area contributed by atoms with Gasteiger partial charge in [-0.2, -0.15) is 0 Å². The monoisotopic (exact) mass is 661 g/mol. The minimum atomic E-state index is -0.989. The number of rotatable bonds is 34. The standard InChI is InChI=1S/C41H72O6/c1-3-5-7-9-11-13-14-15-16-17-18-20-22-24-29-33-40(43)45-35-37(42)36-46-41(44)34-30-26-25-28-32-39-38(47-39)31-27-23-21-19-12-10-8-6-4-2/h12,19,23,25,27-28,37-39,42H,3-11,13-18,20-22,24,26,29-36H2,1-2H3/b19-12-,27-23-,28-25-/t37-,38?,39?/m0/s1. The second-order valence-electron chi connectivity index (χ2n) is 13.4. The van der Waals surface area contributed by atoms with Gasteiger partial charge in [-0.3, -0.25) is 9.59 Å². The summed E-state index contributed by atoms with van der Waals surface area (Å²) in [5, 5.41) is 10.0. The Balaban J connectivity index is 1.86. The van der Waals surface area contributed by atoms with Crippen LogP contribution in [-0.2, 0) is 23.8 Å². The first-order chi connectivity index (χ1) is 23.1. The number of hydrogen-bond donors (Lipinski definition) is 1. The van der Waals surface area contributed by atoms with Gasteiger partial charge in [0.05, 0.1) is 12.2 Å². The third kappa shape index (κ3) is 29.9. The molecule has 1 aliphatic rings. The quantitative estimate of drug-likeness (QED) is 0.0320. The first-order valence-corrected chi connectivity index (χ1v) is 19.7. The third-order valence-electron chi connectivity index (χ3n) is 8.78. The van der Waals surface area contributed by atoms with Crippen molar-refractivity contribution in [1.82, 2.24) is 0 Å². The molecule has 272 valence electrons. The van der Waals surface area contributed by atoms with Gasteiger partial charge < -0.3 is 19.3 Å². The number of carbonyl (C=O) groups is 2. The minimum Gasteiger partial charge on any atom is -0.463 e. The summed E-state index contributed by atoms with van der Waals surface area (Å²) in [6.45, 7) is 4.22. The van der Waals surface area contributed by atoms with Gasteiger partial charge in [0, 0.05) is 12.8 Å². The maximum Gasteiger partial charge on any atom is 0.305 e. The zero-order chi connectivity index (χ0) is 34.0. The highest BCUT2D eigenvalue weighted by Gasteiger charge is 2.35. The Morgan fingerprint density at radius 2 is 0.957 bits per heavy atom. The van der Waals surface area contributed by atoms with E-state index in [-0.39, 0.29) is 25.2 Å². The van der Waals surface area contributed by atoms with E-state index in [1.54, 1.807) is 0 Å². The topological polar surface area (TPSA) is 85.4 Å². The molecule has 1 rings (SSSR count). The predicted molar refractivity (Wildman–Crippen MR) is 195 cm³/mol. The summed E-state index contributed by atoms with van der Waals surface area (Å²) >= 11 is 0. The van der Waals surface area contributed by atoms with Crippen molar-refractivity contribution in [1.29, 1.82) is 0 Å². The predicted octanol–water partition coefficient (Wildman–Crippen LogP) is 11.1. The first kappa shape index (κ1) is 43.1. The number of epoxide rings is 1. The average Bonchev–Trinajstić information content (AvgIpc) is 3.83. The molecule has 2 unspecified atom stereocenters. The molecule has 3 atom stereocenters. The van der Waals surface area contributed by atoms with Crippen LogP contribution in [-0.4, -0.2) is 48.6 Å². The van der Waals surface area contributed by atoms with Crippen LogP contribution in [0, 0.1) is 0 Å². The summed E-state index contributed by atoms with van der Waals surface area (Å²) in [6.07, 6.45) is 42.3. The third-order valence-corrected chi connectivity index (χ3v) is 8.78. The lowest BCUT2D eigenvalue weighted by atomic mass is 10.0. The molecular formula is C41H72O6. The average molecular weight is 661 g/mol. The second kappa shape index (κ2) is 32.6. The lowest BCUT2D eigenvalue weighted by Gasteiger charge is -2.12. The van der Waals surface area contributed by atoms with E-state index < -0.39 is 6.10 Å². The molecule has 0 aliphatic carbocycles. The molecule has 0 spiro atoms. The molecule has 0 aromatic heterocycles. The van der Waals surface area contributed by atoms with Crippen molar-refractivity contribution in [3.8, 4) is 0 Å². The molecule has 1 saturated heterocycles. The van der Waals surface area contributed by atoms with Crippen LogP contribution in [0.1, 0.15) is 181 Å². The van der Waals surface area contributed by atoms with Gasteiger partial charge in [-0.25, -0.2) is 0 Å². The summed E-state index contributed by atoms with van der Waals surface area (Å²) in [6, 6.07) is 0. The lowest BCUT2D eigenvalue weighted by Crippen LogP contribution is -2.25. The van der Waals surface area contributed by atoms with E-state index in [0.717, 1.165) is 44.9 Å². The van der Waals surface area contributed by atoms with Gasteiger partial charge in [0.25, 0.3) is 0 Å². The van der Waals surface area contributed by atoms with Gasteiger partial charge in [0.1, 0.15) is 19.3 Å². The van der Waals surface area contributed by atoms with Crippen LogP contribution >= 0.6 is 0 Å². The normalized spacial score (nSPS) is 16.8. The van der Waals surface area contributed by atoms with Gasteiger partial charge >= 0.3 is 11.9 Å². The molecule has 0 aromatic rings. The van der Waals surface area contributed by atoms with E-state index in [2.05, 4.69) is 50.3 Å². The van der Waals surface area contributed by atoms with E-state index in [0.29, 0.717) is 31.5 Å². The van der Waals surface area contributed by atoms with Crippen LogP contribution in [0.2, 0.25) is 0 Å². The molecule has 1 aliphatic heterocycles. The minimum absolute atomic E-state index is 0.135. The fourth-order valence-corrected chi connectivity index (χ4v) is 5.65. The highest BCUT2D eigenvalue weighted by atomic mass is 16.6. The van der Waals surface area contributed by atoms with E-state index in [4.69, 9.17) is 14.2 Å². The molecular weight excluding hydrogens is 588 g/mol. The van der Waals surface area contributed by atoms with E-state index in [1.165, 1.54) is 103 Å². The Kier molecular flexibility index (Phi) is 29.9. The van der Waals surface area contributed by atoms with E-state index in [1.807, 2.05) is 0 Å². The smallest absolute Gasteiger partial charge is 0.305 e. The van der Waals surface area contributed by atoms with E-state index >= 15 is 0 Å². The Morgan fingerprint density at radius 3 is 1.51 bits per heavy atom. The summed E-state index contributed by atoms with van der Waals surface area (Å²) in [5.41, 5.74) is 0. The Labute approximate surface area is 289 Å². The SMILES string of the molecule is CCCCC/C=C\C/C=C\CC1OC1C/C=C\CCCC(=O)OC[C@@H](O)COC(=O)CCCCCCCCCCCCCCCCC. The fraction of sp³-hybridized carbons (Fsp3) is 0.805. The van der Waals surface area contributed by atoms with Crippen LogP contribution in [0.15, 0.2) is 36.5 Å². The molecule has 6 nitrogen and oxygen atoms in total. The number of allylic oxidation sites excluding steroid dienone is 4. The number of carbonyl (C=O) groups excluding carboxylic acids is 2. The highest BCUT2D eigenvalue weighted by molar-refractivity contribution is 5.69. The number of ether oxygens (including phenoxy) is 3. The lowest BCUT2D eigenvalue weighted by molar-refractivity contribution is -0.152. The number of unbranched alkanes of at least 4 members (excludes halogenated alkanes) is 18. The summed E-state index contributed by atoms with van der Waals surface area (Å²) in [7, 11) is 0. The van der Waals surface area contributed by atoms with Crippen molar-refractivity contribution >= 4 is 11.9 Å². The molecule has 47 heavy (non-hydrogen) atoms. The zero-order valence-electron chi connectivity index (χ0n) is 30.5. The van der Waals surface area contributed by atoms with Crippen molar-refractivity contribution in [3.63, 3.8) is 0 Å². The summed E-state index contributed by atoms with van der Waals surface area (Å²) < 4.78 is 16.0. The van der Waals surface area contributed by atoms with Crippen LogP contribution in [0.25, 0.3) is 0 Å². The van der Waals surface area contributed by atoms with Gasteiger partial charge in [-0.15, -0.1) is 0 Å². The fourth-order valence-electron chi connectivity index (χ4n) is 5.65. The Bertz CT molecular complexity index is 819. The van der Waals surface area contributed by atoms with Crippen molar-refractivity contribution in [2.24, 2.45) is 0 Å². The van der Waals surface area contributed by atoms with Crippen LogP contribution in [0.3, 0.4) is 0 Å². The van der Waals surface area contributed by atoms with Gasteiger partial charge in [0.15, 0.2) is 0 Å². The highest BCUT2D eigenvalue weighted by Crippen LogP contribution is 2.29. The summed E-state index contributed by atoms with van der Waals surface area (Å²) in [5.74, 6) is -0.632. The number of hydrogen-bond acceptors (Lipinski definition) is 6. The molecule has 0 aromatic carbocycles. The second-order valence-corrected chi connectivity index (χ2v) is 13.4. The van der Waals surface area contributed by atoms with Crippen molar-refractivity contribution in [2.75, 3.05) is 13.2 Å². The first-order valence-electron chi connectivity index (χ1n) is 19.7. The zero-order valence-corrected chi connectivity index (χ0v) is 30.5. The largest absolute Gasteiger partial charge is 0.463 e. The maximum absolute atomic E-state index is 12.0. The van der Waals surface area contributed by atoms with Crippen LogP contribution in [0.5, 0.6) is 0 Å². The van der Waals surface area contributed by atoms with Crippen LogP contribution in [0.4, 0.5) is 0 Å². The Morgan fingerprint density at radius 1 is 0.553 bits per heavy atom. The molecule has 0 radical (unpaired) electrons. The van der Waals surface area contributed by atoms with Gasteiger partial charge in [-0.05, 0) is 51.4 Å². The van der Waals surface area contributed by atoms with Crippen molar-refractivity contribution in [2.45, 2.75) is 199 Å². The van der Waals surface area contributed by atoms with E-state index in [9.17, 15) is 14.7 Å². The van der Waals surface area contributed by atoms with Gasteiger partial charge in [-0.1, -0.05) is 153 Å². The molecule has 1 heterocycles. The Hall–Kier alpha value is -1.92. The number of aliphatic hydroxyl groups is 1. The molecule has 0 bridgehead atoms. The molecule has 1 N–H and O–H groups in total.